The summed E-state index contributed by atoms with van der Waals surface area (Å²) in [6, 6.07) is 0.0391. The molecular formula is C9H20N2O2. The van der Waals surface area contributed by atoms with Crippen molar-refractivity contribution in [1.29, 1.82) is 0 Å². The van der Waals surface area contributed by atoms with Crippen molar-refractivity contribution >= 4 is 5.91 Å². The van der Waals surface area contributed by atoms with E-state index >= 15 is 0 Å². The summed E-state index contributed by atoms with van der Waals surface area (Å²) < 4.78 is 0. The van der Waals surface area contributed by atoms with Gasteiger partial charge in [-0.3, -0.25) is 4.79 Å². The van der Waals surface area contributed by atoms with Gasteiger partial charge in [0.25, 0.3) is 0 Å². The zero-order valence-corrected chi connectivity index (χ0v) is 8.63. The van der Waals surface area contributed by atoms with Crippen molar-refractivity contribution in [3.8, 4) is 0 Å². The molecule has 3 N–H and O–H groups in total. The lowest BCUT2D eigenvalue weighted by Crippen LogP contribution is -2.39. The Balaban J connectivity index is 3.61. The van der Waals surface area contributed by atoms with Crippen molar-refractivity contribution in [3.63, 3.8) is 0 Å². The minimum absolute atomic E-state index is 0.0126. The maximum absolute atomic E-state index is 11.2. The van der Waals surface area contributed by atoms with Gasteiger partial charge in [-0.05, 0) is 20.4 Å². The Kier molecular flexibility index (Phi) is 6.54. The monoisotopic (exact) mass is 188 g/mol. The van der Waals surface area contributed by atoms with E-state index in [2.05, 4.69) is 10.6 Å². The lowest BCUT2D eigenvalue weighted by molar-refractivity contribution is -0.122. The molecule has 78 valence electrons. The average Bonchev–Trinajstić information content (AvgIpc) is 2.04. The molecule has 0 heterocycles. The number of aliphatic hydroxyl groups excluding tert-OH is 1. The van der Waals surface area contributed by atoms with Crippen molar-refractivity contribution in [3.05, 3.63) is 0 Å². The van der Waals surface area contributed by atoms with Crippen LogP contribution in [0, 0.1) is 0 Å². The van der Waals surface area contributed by atoms with E-state index < -0.39 is 0 Å². The van der Waals surface area contributed by atoms with E-state index in [0.717, 1.165) is 6.54 Å². The smallest absolute Gasteiger partial charge is 0.221 e. The molecule has 2 atom stereocenters. The van der Waals surface area contributed by atoms with Crippen LogP contribution in [0.15, 0.2) is 0 Å². The Bertz CT molecular complexity index is 151. The Labute approximate surface area is 79.7 Å². The molecule has 0 saturated heterocycles. The van der Waals surface area contributed by atoms with Crippen LogP contribution in [0.2, 0.25) is 0 Å². The van der Waals surface area contributed by atoms with Crippen molar-refractivity contribution in [1.82, 2.24) is 10.6 Å². The second kappa shape index (κ2) is 6.86. The van der Waals surface area contributed by atoms with Gasteiger partial charge in [-0.15, -0.1) is 0 Å². The van der Waals surface area contributed by atoms with Crippen LogP contribution in [-0.4, -0.2) is 36.2 Å². The molecule has 0 aliphatic carbocycles. The SMILES string of the molecule is CCNC(C)CC(=O)NC(C)CO. The molecule has 0 aliphatic heterocycles. The number of hydrogen-bond acceptors (Lipinski definition) is 3. The third kappa shape index (κ3) is 6.54. The van der Waals surface area contributed by atoms with Crippen LogP contribution in [0.3, 0.4) is 0 Å². The maximum Gasteiger partial charge on any atom is 0.221 e. The van der Waals surface area contributed by atoms with Crippen LogP contribution in [0.1, 0.15) is 27.2 Å². The molecular weight excluding hydrogens is 168 g/mol. The standard InChI is InChI=1S/C9H20N2O2/c1-4-10-7(2)5-9(13)11-8(3)6-12/h7-8,10,12H,4-6H2,1-3H3,(H,11,13). The van der Waals surface area contributed by atoms with E-state index in [9.17, 15) is 4.79 Å². The van der Waals surface area contributed by atoms with Crippen LogP contribution < -0.4 is 10.6 Å². The van der Waals surface area contributed by atoms with Gasteiger partial charge >= 0.3 is 0 Å². The molecule has 0 radical (unpaired) electrons. The predicted molar refractivity (Wildman–Crippen MR) is 52.4 cm³/mol. The third-order valence-corrected chi connectivity index (χ3v) is 1.73. The normalized spacial score (nSPS) is 15.1. The molecule has 0 bridgehead atoms. The number of aliphatic hydroxyl groups is 1. The molecule has 2 unspecified atom stereocenters. The highest BCUT2D eigenvalue weighted by molar-refractivity contribution is 5.76. The van der Waals surface area contributed by atoms with Gasteiger partial charge < -0.3 is 15.7 Å². The first-order chi connectivity index (χ1) is 6.10. The predicted octanol–water partition coefficient (Wildman–Crippen LogP) is -0.128. The molecule has 0 rings (SSSR count). The Morgan fingerprint density at radius 3 is 2.46 bits per heavy atom. The summed E-state index contributed by atoms with van der Waals surface area (Å²) >= 11 is 0. The molecule has 13 heavy (non-hydrogen) atoms. The summed E-state index contributed by atoms with van der Waals surface area (Å²) in [7, 11) is 0. The minimum atomic E-state index is -0.152. The van der Waals surface area contributed by atoms with E-state index in [0.29, 0.717) is 6.42 Å². The summed E-state index contributed by atoms with van der Waals surface area (Å²) in [5, 5.41) is 14.5. The number of nitrogens with one attached hydrogen (secondary N) is 2. The number of carbonyl (C=O) groups is 1. The van der Waals surface area contributed by atoms with Crippen molar-refractivity contribution < 1.29 is 9.90 Å². The Hall–Kier alpha value is -0.610. The minimum Gasteiger partial charge on any atom is -0.394 e. The molecule has 4 nitrogen and oxygen atoms in total. The number of hydrogen-bond donors (Lipinski definition) is 3. The van der Waals surface area contributed by atoms with E-state index in [-0.39, 0.29) is 24.6 Å². The molecule has 4 heteroatoms. The number of rotatable bonds is 6. The summed E-state index contributed by atoms with van der Waals surface area (Å²) in [6.07, 6.45) is 0.457. The third-order valence-electron chi connectivity index (χ3n) is 1.73. The highest BCUT2D eigenvalue weighted by Gasteiger charge is 2.09. The van der Waals surface area contributed by atoms with E-state index in [4.69, 9.17) is 5.11 Å². The fourth-order valence-electron chi connectivity index (χ4n) is 1.08. The summed E-state index contributed by atoms with van der Waals surface area (Å²) in [5.41, 5.74) is 0. The first-order valence-corrected chi connectivity index (χ1v) is 4.73. The quantitative estimate of drug-likeness (QED) is 0.544. The van der Waals surface area contributed by atoms with E-state index in [1.165, 1.54) is 0 Å². The van der Waals surface area contributed by atoms with Crippen molar-refractivity contribution in [2.45, 2.75) is 39.3 Å². The maximum atomic E-state index is 11.2. The van der Waals surface area contributed by atoms with Gasteiger partial charge in [0.1, 0.15) is 0 Å². The van der Waals surface area contributed by atoms with Crippen LogP contribution in [0.25, 0.3) is 0 Å². The van der Waals surface area contributed by atoms with Crippen LogP contribution in [-0.2, 0) is 4.79 Å². The number of amides is 1. The highest BCUT2D eigenvalue weighted by atomic mass is 16.3. The van der Waals surface area contributed by atoms with Gasteiger partial charge in [0.15, 0.2) is 0 Å². The fourth-order valence-corrected chi connectivity index (χ4v) is 1.08. The van der Waals surface area contributed by atoms with Gasteiger partial charge in [-0.2, -0.15) is 0 Å². The van der Waals surface area contributed by atoms with Gasteiger partial charge in [0.2, 0.25) is 5.91 Å². The molecule has 0 aromatic rings. The molecule has 0 aliphatic rings. The fraction of sp³-hybridized carbons (Fsp3) is 0.889. The zero-order valence-electron chi connectivity index (χ0n) is 8.63. The first-order valence-electron chi connectivity index (χ1n) is 4.73. The topological polar surface area (TPSA) is 61.4 Å². The lowest BCUT2D eigenvalue weighted by atomic mass is 10.2. The molecule has 0 aromatic carbocycles. The highest BCUT2D eigenvalue weighted by Crippen LogP contribution is 1.91. The van der Waals surface area contributed by atoms with E-state index in [1.54, 1.807) is 6.92 Å². The van der Waals surface area contributed by atoms with E-state index in [1.807, 2.05) is 13.8 Å². The largest absolute Gasteiger partial charge is 0.394 e. The second-order valence-corrected chi connectivity index (χ2v) is 3.31. The van der Waals surface area contributed by atoms with Gasteiger partial charge in [-0.25, -0.2) is 0 Å². The zero-order chi connectivity index (χ0) is 10.3. The van der Waals surface area contributed by atoms with Gasteiger partial charge in [0, 0.05) is 18.5 Å². The second-order valence-electron chi connectivity index (χ2n) is 3.31. The van der Waals surface area contributed by atoms with Crippen LogP contribution in [0.4, 0.5) is 0 Å². The molecule has 0 spiro atoms. The molecule has 0 saturated carbocycles. The average molecular weight is 188 g/mol. The Morgan fingerprint density at radius 2 is 2.00 bits per heavy atom. The Morgan fingerprint density at radius 1 is 1.38 bits per heavy atom. The molecule has 0 fully saturated rings. The molecule has 0 aromatic heterocycles. The van der Waals surface area contributed by atoms with Crippen LogP contribution in [0.5, 0.6) is 0 Å². The van der Waals surface area contributed by atoms with Gasteiger partial charge in [-0.1, -0.05) is 6.92 Å². The summed E-state index contributed by atoms with van der Waals surface area (Å²) in [4.78, 5) is 11.2. The van der Waals surface area contributed by atoms with Crippen molar-refractivity contribution in [2.75, 3.05) is 13.2 Å². The van der Waals surface area contributed by atoms with Crippen molar-refractivity contribution in [2.24, 2.45) is 0 Å². The van der Waals surface area contributed by atoms with Gasteiger partial charge in [0.05, 0.1) is 6.61 Å². The molecule has 1 amide bonds. The first kappa shape index (κ1) is 12.4. The summed E-state index contributed by atoms with van der Waals surface area (Å²) in [5.74, 6) is -0.0185. The number of carbonyl (C=O) groups excluding carboxylic acids is 1. The summed E-state index contributed by atoms with van der Waals surface area (Å²) in [6.45, 7) is 6.60. The lowest BCUT2D eigenvalue weighted by Gasteiger charge is -2.14. The van der Waals surface area contributed by atoms with Crippen LogP contribution >= 0.6 is 0 Å².